The number of carbonyl (C=O) groups excluding carboxylic acids is 1. The molecule has 0 saturated heterocycles. The Hall–Kier alpha value is -1.95. The van der Waals surface area contributed by atoms with Crippen LogP contribution in [0.2, 0.25) is 0 Å². The molecule has 0 bridgehead atoms. The van der Waals surface area contributed by atoms with Gasteiger partial charge in [-0.05, 0) is 25.0 Å². The maximum atomic E-state index is 12.6. The number of methoxy groups -OCH3 is 1. The van der Waals surface area contributed by atoms with Crippen molar-refractivity contribution in [3.05, 3.63) is 29.6 Å². The van der Waals surface area contributed by atoms with E-state index in [9.17, 15) is 9.59 Å². The molecular formula is C15H22N2O4. The molecule has 1 aromatic rings. The van der Waals surface area contributed by atoms with Crippen molar-refractivity contribution >= 4 is 11.9 Å². The molecule has 6 heteroatoms. The molecule has 0 aromatic carbocycles. The zero-order chi connectivity index (χ0) is 15.8. The first-order chi connectivity index (χ1) is 10.0. The second-order valence-corrected chi connectivity index (χ2v) is 4.70. The minimum atomic E-state index is -1.07. The van der Waals surface area contributed by atoms with Crippen LogP contribution in [0.4, 0.5) is 0 Å². The van der Waals surface area contributed by atoms with Crippen LogP contribution in [0.1, 0.15) is 47.5 Å². The SMILES string of the molecule is CCC(CC)N(CCOC)C(=O)c1cc(C(=O)O)ccn1. The number of aromatic carboxylic acids is 1. The maximum absolute atomic E-state index is 12.6. The Balaban J connectivity index is 3.03. The third-order valence-corrected chi connectivity index (χ3v) is 3.41. The summed E-state index contributed by atoms with van der Waals surface area (Å²) >= 11 is 0. The Labute approximate surface area is 124 Å². The van der Waals surface area contributed by atoms with Crippen LogP contribution in [0, 0.1) is 0 Å². The fourth-order valence-corrected chi connectivity index (χ4v) is 2.20. The molecule has 0 aliphatic carbocycles. The van der Waals surface area contributed by atoms with E-state index in [2.05, 4.69) is 4.98 Å². The van der Waals surface area contributed by atoms with Crippen LogP contribution >= 0.6 is 0 Å². The number of nitrogens with zero attached hydrogens (tertiary/aromatic N) is 2. The third-order valence-electron chi connectivity index (χ3n) is 3.41. The zero-order valence-electron chi connectivity index (χ0n) is 12.7. The molecule has 1 N–H and O–H groups in total. The molecule has 0 unspecified atom stereocenters. The van der Waals surface area contributed by atoms with Gasteiger partial charge in [0.25, 0.3) is 5.91 Å². The maximum Gasteiger partial charge on any atom is 0.335 e. The van der Waals surface area contributed by atoms with Crippen LogP contribution in [0.25, 0.3) is 0 Å². The number of carboxylic acids is 1. The summed E-state index contributed by atoms with van der Waals surface area (Å²) in [5.74, 6) is -1.33. The van der Waals surface area contributed by atoms with Gasteiger partial charge < -0.3 is 14.7 Å². The van der Waals surface area contributed by atoms with Crippen LogP contribution in [-0.2, 0) is 4.74 Å². The van der Waals surface area contributed by atoms with E-state index in [1.807, 2.05) is 13.8 Å². The number of amides is 1. The van der Waals surface area contributed by atoms with Crippen LogP contribution in [-0.4, -0.2) is 53.2 Å². The van der Waals surface area contributed by atoms with E-state index < -0.39 is 5.97 Å². The first-order valence-electron chi connectivity index (χ1n) is 7.04. The average molecular weight is 294 g/mol. The highest BCUT2D eigenvalue weighted by Gasteiger charge is 2.23. The zero-order valence-corrected chi connectivity index (χ0v) is 12.7. The average Bonchev–Trinajstić information content (AvgIpc) is 2.51. The number of ether oxygens (including phenoxy) is 1. The molecule has 1 rings (SSSR count). The molecule has 1 amide bonds. The van der Waals surface area contributed by atoms with Crippen molar-refractivity contribution in [2.75, 3.05) is 20.3 Å². The van der Waals surface area contributed by atoms with E-state index in [0.717, 1.165) is 12.8 Å². The lowest BCUT2D eigenvalue weighted by Gasteiger charge is -2.30. The topological polar surface area (TPSA) is 79.7 Å². The monoisotopic (exact) mass is 294 g/mol. The Morgan fingerprint density at radius 1 is 1.38 bits per heavy atom. The van der Waals surface area contributed by atoms with E-state index in [4.69, 9.17) is 9.84 Å². The lowest BCUT2D eigenvalue weighted by molar-refractivity contribution is 0.0583. The minimum absolute atomic E-state index is 0.0598. The van der Waals surface area contributed by atoms with Crippen molar-refractivity contribution in [3.8, 4) is 0 Å². The molecule has 0 fully saturated rings. The summed E-state index contributed by atoms with van der Waals surface area (Å²) in [4.78, 5) is 29.3. The quantitative estimate of drug-likeness (QED) is 0.793. The molecule has 0 aliphatic heterocycles. The van der Waals surface area contributed by atoms with E-state index >= 15 is 0 Å². The standard InChI is InChI=1S/C15H22N2O4/c1-4-12(5-2)17(8-9-21-3)14(18)13-10-11(15(19)20)6-7-16-13/h6-7,10,12H,4-5,8-9H2,1-3H3,(H,19,20). The fourth-order valence-electron chi connectivity index (χ4n) is 2.20. The van der Waals surface area contributed by atoms with Crippen LogP contribution in [0.3, 0.4) is 0 Å². The van der Waals surface area contributed by atoms with Gasteiger partial charge in [0.1, 0.15) is 5.69 Å². The Kier molecular flexibility index (Phi) is 6.81. The summed E-state index contributed by atoms with van der Waals surface area (Å²) in [6.45, 7) is 4.92. The van der Waals surface area contributed by atoms with Gasteiger partial charge in [0.05, 0.1) is 12.2 Å². The fraction of sp³-hybridized carbons (Fsp3) is 0.533. The molecule has 116 valence electrons. The van der Waals surface area contributed by atoms with Gasteiger partial charge in [0.2, 0.25) is 0 Å². The molecule has 6 nitrogen and oxygen atoms in total. The Morgan fingerprint density at radius 3 is 2.57 bits per heavy atom. The van der Waals surface area contributed by atoms with Crippen molar-refractivity contribution in [3.63, 3.8) is 0 Å². The van der Waals surface area contributed by atoms with E-state index in [0.29, 0.717) is 13.2 Å². The second-order valence-electron chi connectivity index (χ2n) is 4.70. The molecule has 0 atom stereocenters. The molecule has 0 radical (unpaired) electrons. The van der Waals surface area contributed by atoms with Gasteiger partial charge in [-0.3, -0.25) is 9.78 Å². The molecular weight excluding hydrogens is 272 g/mol. The first kappa shape index (κ1) is 17.1. The summed E-state index contributed by atoms with van der Waals surface area (Å²) in [5.41, 5.74) is 0.211. The molecule has 0 aliphatic rings. The van der Waals surface area contributed by atoms with E-state index in [1.165, 1.54) is 18.3 Å². The van der Waals surface area contributed by atoms with Crippen molar-refractivity contribution in [2.45, 2.75) is 32.7 Å². The van der Waals surface area contributed by atoms with Gasteiger partial charge in [0.15, 0.2) is 0 Å². The number of hydrogen-bond acceptors (Lipinski definition) is 4. The van der Waals surface area contributed by atoms with Crippen molar-refractivity contribution in [1.82, 2.24) is 9.88 Å². The van der Waals surface area contributed by atoms with Crippen LogP contribution < -0.4 is 0 Å². The summed E-state index contributed by atoms with van der Waals surface area (Å²) in [5, 5.41) is 9.00. The van der Waals surface area contributed by atoms with Crippen molar-refractivity contribution in [2.24, 2.45) is 0 Å². The van der Waals surface area contributed by atoms with Gasteiger partial charge in [-0.15, -0.1) is 0 Å². The number of aromatic nitrogens is 1. The highest BCUT2D eigenvalue weighted by atomic mass is 16.5. The number of pyridine rings is 1. The Morgan fingerprint density at radius 2 is 2.05 bits per heavy atom. The minimum Gasteiger partial charge on any atom is -0.478 e. The van der Waals surface area contributed by atoms with E-state index in [-0.39, 0.29) is 23.2 Å². The summed E-state index contributed by atoms with van der Waals surface area (Å²) in [7, 11) is 1.58. The second kappa shape index (κ2) is 8.36. The Bertz CT molecular complexity index is 486. The number of hydrogen-bond donors (Lipinski definition) is 1. The molecule has 0 spiro atoms. The third kappa shape index (κ3) is 4.53. The predicted octanol–water partition coefficient (Wildman–Crippen LogP) is 2.06. The highest BCUT2D eigenvalue weighted by molar-refractivity contribution is 5.96. The van der Waals surface area contributed by atoms with Gasteiger partial charge >= 0.3 is 5.97 Å². The van der Waals surface area contributed by atoms with Gasteiger partial charge in [-0.25, -0.2) is 4.79 Å². The van der Waals surface area contributed by atoms with Crippen LogP contribution in [0.5, 0.6) is 0 Å². The van der Waals surface area contributed by atoms with Crippen LogP contribution in [0.15, 0.2) is 18.3 Å². The first-order valence-corrected chi connectivity index (χ1v) is 7.04. The van der Waals surface area contributed by atoms with E-state index in [1.54, 1.807) is 12.0 Å². The molecule has 1 heterocycles. The number of carboxylic acid groups (broad SMARTS) is 1. The van der Waals surface area contributed by atoms with Gasteiger partial charge in [0, 0.05) is 25.9 Å². The summed E-state index contributed by atoms with van der Waals surface area (Å²) < 4.78 is 5.05. The number of rotatable bonds is 8. The largest absolute Gasteiger partial charge is 0.478 e. The highest BCUT2D eigenvalue weighted by Crippen LogP contribution is 2.13. The summed E-state index contributed by atoms with van der Waals surface area (Å²) in [6.07, 6.45) is 2.99. The molecule has 0 saturated carbocycles. The number of carbonyl (C=O) groups is 2. The molecule has 1 aromatic heterocycles. The van der Waals surface area contributed by atoms with Gasteiger partial charge in [-0.2, -0.15) is 0 Å². The van der Waals surface area contributed by atoms with Crippen molar-refractivity contribution < 1.29 is 19.4 Å². The normalized spacial score (nSPS) is 10.7. The summed E-state index contributed by atoms with van der Waals surface area (Å²) in [6, 6.07) is 2.77. The van der Waals surface area contributed by atoms with Gasteiger partial charge in [-0.1, -0.05) is 13.8 Å². The lowest BCUT2D eigenvalue weighted by Crippen LogP contribution is -2.42. The van der Waals surface area contributed by atoms with Crippen molar-refractivity contribution in [1.29, 1.82) is 0 Å². The molecule has 21 heavy (non-hydrogen) atoms. The smallest absolute Gasteiger partial charge is 0.335 e. The lowest BCUT2D eigenvalue weighted by atomic mass is 10.1. The predicted molar refractivity (Wildman–Crippen MR) is 78.5 cm³/mol.